The third-order valence-electron chi connectivity index (χ3n) is 11.4. The third-order valence-corrected chi connectivity index (χ3v) is 11.4. The molecule has 0 unspecified atom stereocenters. The topological polar surface area (TPSA) is 35.6 Å². The van der Waals surface area contributed by atoms with E-state index in [9.17, 15) is 0 Å². The number of aromatic nitrogens is 4. The maximum atomic E-state index is 5.46. The molecule has 0 N–H and O–H groups in total. The number of rotatable bonds is 10. The standard InChI is InChI=1S/C49H60N4/c1-29(2)37-19-15-20-38(30(3)4)47(37)52-35(11)33(9)27-43(52)41-23-17-25-45(50-41)49(13,14)46-26-18-24-42(51-46)44-28-34(10)36(12)53(44)48-39(31(5)6)21-16-22-40(48)32(7)8/h15-32H,1-14H3. The van der Waals surface area contributed by atoms with E-state index in [0.717, 1.165) is 34.2 Å². The zero-order valence-corrected chi connectivity index (χ0v) is 34.7. The molecule has 0 fully saturated rings. The zero-order chi connectivity index (χ0) is 38.5. The van der Waals surface area contributed by atoms with Gasteiger partial charge in [0.2, 0.25) is 0 Å². The highest BCUT2D eigenvalue weighted by atomic mass is 15.0. The first-order valence-corrected chi connectivity index (χ1v) is 19.6. The average Bonchev–Trinajstić information content (AvgIpc) is 3.60. The van der Waals surface area contributed by atoms with E-state index in [0.29, 0.717) is 23.7 Å². The molecule has 0 amide bonds. The second-order valence-electron chi connectivity index (χ2n) is 16.9. The summed E-state index contributed by atoms with van der Waals surface area (Å²) in [5, 5.41) is 0. The second kappa shape index (κ2) is 14.6. The van der Waals surface area contributed by atoms with Crippen LogP contribution in [-0.2, 0) is 5.41 Å². The molecule has 0 saturated carbocycles. The van der Waals surface area contributed by atoms with Gasteiger partial charge in [-0.1, -0.05) is 104 Å². The van der Waals surface area contributed by atoms with Gasteiger partial charge in [-0.2, -0.15) is 0 Å². The van der Waals surface area contributed by atoms with Crippen molar-refractivity contribution in [1.29, 1.82) is 0 Å². The second-order valence-corrected chi connectivity index (χ2v) is 16.9. The Kier molecular flexibility index (Phi) is 10.5. The normalized spacial score (nSPS) is 12.3. The molecular weight excluding hydrogens is 645 g/mol. The first kappa shape index (κ1) is 38.0. The lowest BCUT2D eigenvalue weighted by molar-refractivity contribution is 0.596. The summed E-state index contributed by atoms with van der Waals surface area (Å²) < 4.78 is 4.94. The Hall–Kier alpha value is -4.70. The molecule has 276 valence electrons. The van der Waals surface area contributed by atoms with Crippen LogP contribution in [0, 0.1) is 27.7 Å². The van der Waals surface area contributed by atoms with Crippen LogP contribution in [0.3, 0.4) is 0 Å². The minimum absolute atomic E-state index is 0.389. The Balaban J connectivity index is 1.49. The molecule has 0 aliphatic carbocycles. The Morgan fingerprint density at radius 3 is 1.06 bits per heavy atom. The molecule has 2 aromatic carbocycles. The molecule has 4 nitrogen and oxygen atoms in total. The number of hydrogen-bond acceptors (Lipinski definition) is 2. The van der Waals surface area contributed by atoms with Crippen LogP contribution in [0.15, 0.2) is 84.9 Å². The van der Waals surface area contributed by atoms with E-state index in [4.69, 9.17) is 9.97 Å². The average molecular weight is 705 g/mol. The van der Waals surface area contributed by atoms with Gasteiger partial charge in [-0.15, -0.1) is 0 Å². The molecule has 53 heavy (non-hydrogen) atoms. The van der Waals surface area contributed by atoms with Crippen molar-refractivity contribution in [2.75, 3.05) is 0 Å². The SMILES string of the molecule is Cc1cc(-c2cccc(C(C)(C)c3cccc(-c4cc(C)c(C)n4-c4c(C(C)C)cccc4C(C)C)n3)n2)n(-c2c(C(C)C)cccc2C(C)C)c1C. The summed E-state index contributed by atoms with van der Waals surface area (Å²) in [4.78, 5) is 10.9. The fourth-order valence-electron chi connectivity index (χ4n) is 7.94. The largest absolute Gasteiger partial charge is 0.312 e. The van der Waals surface area contributed by atoms with E-state index in [2.05, 4.69) is 191 Å². The highest BCUT2D eigenvalue weighted by Gasteiger charge is 2.29. The molecule has 0 spiro atoms. The van der Waals surface area contributed by atoms with Crippen molar-refractivity contribution in [3.63, 3.8) is 0 Å². The smallest absolute Gasteiger partial charge is 0.0873 e. The number of pyridine rings is 2. The Morgan fingerprint density at radius 2 is 0.755 bits per heavy atom. The molecule has 4 heterocycles. The fraction of sp³-hybridized carbons (Fsp3) is 0.388. The molecule has 0 aliphatic rings. The summed E-state index contributed by atoms with van der Waals surface area (Å²) in [6.45, 7) is 31.8. The number of hydrogen-bond donors (Lipinski definition) is 0. The summed E-state index contributed by atoms with van der Waals surface area (Å²) in [5.74, 6) is 1.55. The van der Waals surface area contributed by atoms with Crippen molar-refractivity contribution in [3.8, 4) is 34.2 Å². The van der Waals surface area contributed by atoms with Crippen LogP contribution in [-0.4, -0.2) is 19.1 Å². The van der Waals surface area contributed by atoms with Crippen molar-refractivity contribution in [2.24, 2.45) is 0 Å². The predicted molar refractivity (Wildman–Crippen MR) is 225 cm³/mol. The molecule has 4 aromatic heterocycles. The lowest BCUT2D eigenvalue weighted by atomic mass is 9.84. The van der Waals surface area contributed by atoms with Gasteiger partial charge in [0.15, 0.2) is 0 Å². The zero-order valence-electron chi connectivity index (χ0n) is 34.7. The van der Waals surface area contributed by atoms with Crippen molar-refractivity contribution in [3.05, 3.63) is 141 Å². The van der Waals surface area contributed by atoms with Crippen molar-refractivity contribution in [1.82, 2.24) is 19.1 Å². The van der Waals surface area contributed by atoms with Crippen LogP contribution in [0.4, 0.5) is 0 Å². The van der Waals surface area contributed by atoms with Crippen LogP contribution in [0.25, 0.3) is 34.2 Å². The van der Waals surface area contributed by atoms with Gasteiger partial charge in [0.05, 0.1) is 45.5 Å². The summed E-state index contributed by atoms with van der Waals surface area (Å²) in [6, 6.07) is 31.2. The fourth-order valence-corrected chi connectivity index (χ4v) is 7.94. The lowest BCUT2D eigenvalue weighted by Crippen LogP contribution is -2.23. The number of aryl methyl sites for hydroxylation is 2. The summed E-state index contributed by atoms with van der Waals surface area (Å²) in [6.07, 6.45) is 0. The van der Waals surface area contributed by atoms with Crippen LogP contribution < -0.4 is 0 Å². The van der Waals surface area contributed by atoms with Crippen molar-refractivity contribution >= 4 is 0 Å². The maximum Gasteiger partial charge on any atom is 0.0873 e. The van der Waals surface area contributed by atoms with Gasteiger partial charge in [-0.3, -0.25) is 9.97 Å². The van der Waals surface area contributed by atoms with Crippen LogP contribution >= 0.6 is 0 Å². The van der Waals surface area contributed by atoms with Crippen LogP contribution in [0.2, 0.25) is 0 Å². The molecule has 6 rings (SSSR count). The van der Waals surface area contributed by atoms with E-state index in [1.807, 2.05) is 0 Å². The first-order chi connectivity index (χ1) is 25.0. The highest BCUT2D eigenvalue weighted by molar-refractivity contribution is 5.68. The molecule has 0 radical (unpaired) electrons. The van der Waals surface area contributed by atoms with Gasteiger partial charge in [-0.25, -0.2) is 0 Å². The van der Waals surface area contributed by atoms with Gasteiger partial charge < -0.3 is 9.13 Å². The minimum Gasteiger partial charge on any atom is -0.312 e. The number of para-hydroxylation sites is 2. The van der Waals surface area contributed by atoms with E-state index in [-0.39, 0.29) is 0 Å². The number of benzene rings is 2. The quantitative estimate of drug-likeness (QED) is 0.142. The monoisotopic (exact) mass is 704 g/mol. The summed E-state index contributed by atoms with van der Waals surface area (Å²) in [5.41, 5.74) is 18.8. The van der Waals surface area contributed by atoms with E-state index in [1.165, 1.54) is 56.1 Å². The van der Waals surface area contributed by atoms with E-state index < -0.39 is 5.41 Å². The maximum absolute atomic E-state index is 5.46. The van der Waals surface area contributed by atoms with Gasteiger partial charge in [0.1, 0.15) is 0 Å². The van der Waals surface area contributed by atoms with Gasteiger partial charge in [-0.05, 0) is 135 Å². The van der Waals surface area contributed by atoms with Crippen LogP contribution in [0.1, 0.15) is 149 Å². The Labute approximate surface area is 319 Å². The molecule has 6 aromatic rings. The van der Waals surface area contributed by atoms with Crippen LogP contribution in [0.5, 0.6) is 0 Å². The summed E-state index contributed by atoms with van der Waals surface area (Å²) >= 11 is 0. The number of nitrogens with zero attached hydrogens (tertiary/aromatic N) is 4. The van der Waals surface area contributed by atoms with Gasteiger partial charge in [0, 0.05) is 16.8 Å². The Morgan fingerprint density at radius 1 is 0.453 bits per heavy atom. The lowest BCUT2D eigenvalue weighted by Gasteiger charge is -2.26. The third kappa shape index (κ3) is 6.82. The Bertz CT molecular complexity index is 2060. The minimum atomic E-state index is -0.451. The molecule has 0 bridgehead atoms. The van der Waals surface area contributed by atoms with E-state index >= 15 is 0 Å². The molecule has 0 saturated heterocycles. The molecule has 0 aliphatic heterocycles. The first-order valence-electron chi connectivity index (χ1n) is 19.6. The van der Waals surface area contributed by atoms with Gasteiger partial charge in [0.25, 0.3) is 0 Å². The van der Waals surface area contributed by atoms with Crippen molar-refractivity contribution in [2.45, 2.75) is 126 Å². The van der Waals surface area contributed by atoms with E-state index in [1.54, 1.807) is 0 Å². The van der Waals surface area contributed by atoms with Crippen molar-refractivity contribution < 1.29 is 0 Å². The molecule has 0 atom stereocenters. The highest BCUT2D eigenvalue weighted by Crippen LogP contribution is 2.40. The predicted octanol–water partition coefficient (Wildman–Crippen LogP) is 13.4. The molecular formula is C49H60N4. The molecule has 4 heteroatoms. The van der Waals surface area contributed by atoms with Gasteiger partial charge >= 0.3 is 0 Å². The summed E-state index contributed by atoms with van der Waals surface area (Å²) in [7, 11) is 0.